The number of hydrogen-bond acceptors (Lipinski definition) is 9. The van der Waals surface area contributed by atoms with E-state index in [0.29, 0.717) is 34.4 Å². The van der Waals surface area contributed by atoms with Crippen LogP contribution in [0.4, 0.5) is 0 Å². The molecule has 41 heavy (non-hydrogen) atoms. The third-order valence-electron chi connectivity index (χ3n) is 6.22. The largest absolute Gasteiger partial charge is 0.496 e. The SMILES string of the molecule is COc1ccc(-c2nnc(C)o2)cc1CC(=O)N[C@H](C(=O)N[C@@H](CC(C)=O)C(=O)CSCc1ccccc1)C(C)C. The highest BCUT2D eigenvalue weighted by Gasteiger charge is 2.29. The maximum absolute atomic E-state index is 13.3. The van der Waals surface area contributed by atoms with Gasteiger partial charge in [0.1, 0.15) is 17.6 Å². The number of ether oxygens (including phenoxy) is 1. The van der Waals surface area contributed by atoms with Crippen molar-refractivity contribution in [2.24, 2.45) is 5.92 Å². The van der Waals surface area contributed by atoms with Gasteiger partial charge in [0, 0.05) is 30.2 Å². The Balaban J connectivity index is 1.66. The van der Waals surface area contributed by atoms with Crippen LogP contribution in [0, 0.1) is 12.8 Å². The number of amides is 2. The first-order chi connectivity index (χ1) is 19.6. The molecule has 0 aliphatic carbocycles. The Kier molecular flexibility index (Phi) is 11.6. The Morgan fingerprint density at radius 1 is 1.02 bits per heavy atom. The molecule has 1 heterocycles. The molecule has 0 bridgehead atoms. The van der Waals surface area contributed by atoms with Crippen molar-refractivity contribution in [1.29, 1.82) is 0 Å². The van der Waals surface area contributed by atoms with Gasteiger partial charge in [0.15, 0.2) is 5.78 Å². The van der Waals surface area contributed by atoms with Gasteiger partial charge in [-0.05, 0) is 36.6 Å². The van der Waals surface area contributed by atoms with Crippen LogP contribution in [0.2, 0.25) is 0 Å². The molecule has 0 aliphatic rings. The fourth-order valence-corrected chi connectivity index (χ4v) is 5.07. The molecule has 0 saturated heterocycles. The van der Waals surface area contributed by atoms with Crippen LogP contribution in [0.15, 0.2) is 52.9 Å². The second kappa shape index (κ2) is 15.1. The van der Waals surface area contributed by atoms with Gasteiger partial charge in [-0.3, -0.25) is 19.2 Å². The topological polar surface area (TPSA) is 140 Å². The van der Waals surface area contributed by atoms with Gasteiger partial charge in [-0.25, -0.2) is 0 Å². The molecular weight excluding hydrogens is 544 g/mol. The smallest absolute Gasteiger partial charge is 0.247 e. The molecule has 0 fully saturated rings. The lowest BCUT2D eigenvalue weighted by Gasteiger charge is -2.25. The Bertz CT molecular complexity index is 1360. The Morgan fingerprint density at radius 3 is 2.37 bits per heavy atom. The predicted octanol–water partition coefficient (Wildman–Crippen LogP) is 3.70. The van der Waals surface area contributed by atoms with E-state index in [1.165, 1.54) is 25.8 Å². The fourth-order valence-electron chi connectivity index (χ4n) is 4.13. The second-order valence-corrected chi connectivity index (χ2v) is 11.0. The van der Waals surface area contributed by atoms with E-state index < -0.39 is 23.9 Å². The van der Waals surface area contributed by atoms with E-state index in [1.54, 1.807) is 39.0 Å². The van der Waals surface area contributed by atoms with Crippen LogP contribution in [0.5, 0.6) is 5.75 Å². The summed E-state index contributed by atoms with van der Waals surface area (Å²) < 4.78 is 10.9. The first-order valence-electron chi connectivity index (χ1n) is 13.3. The number of carbonyl (C=O) groups excluding carboxylic acids is 4. The molecule has 2 N–H and O–H groups in total. The number of aromatic nitrogens is 2. The van der Waals surface area contributed by atoms with E-state index in [4.69, 9.17) is 9.15 Å². The number of ketones is 2. The summed E-state index contributed by atoms with van der Waals surface area (Å²) in [5.74, 6) is 0.306. The van der Waals surface area contributed by atoms with E-state index in [1.807, 2.05) is 30.3 Å². The van der Waals surface area contributed by atoms with Crippen LogP contribution >= 0.6 is 11.8 Å². The lowest BCUT2D eigenvalue weighted by atomic mass is 10.0. The molecule has 218 valence electrons. The quantitative estimate of drug-likeness (QED) is 0.275. The van der Waals surface area contributed by atoms with Crippen molar-refractivity contribution in [3.63, 3.8) is 0 Å². The zero-order valence-electron chi connectivity index (χ0n) is 23.9. The molecule has 2 aromatic carbocycles. The summed E-state index contributed by atoms with van der Waals surface area (Å²) in [6.07, 6.45) is -0.194. The number of benzene rings is 2. The van der Waals surface area contributed by atoms with Crippen LogP contribution in [0.1, 0.15) is 44.2 Å². The lowest BCUT2D eigenvalue weighted by molar-refractivity contribution is -0.132. The number of rotatable bonds is 15. The number of aryl methyl sites for hydroxylation is 1. The van der Waals surface area contributed by atoms with E-state index in [9.17, 15) is 19.2 Å². The molecule has 0 aliphatic heterocycles. The van der Waals surface area contributed by atoms with Gasteiger partial charge in [-0.2, -0.15) is 0 Å². The standard InChI is InChI=1S/C30H36N4O6S/c1-18(2)28(29(38)31-24(13-19(3)35)25(36)17-41-16-21-9-7-6-8-10-21)32-27(37)15-23-14-22(11-12-26(23)39-5)30-34-33-20(4)40-30/h6-12,14,18,24,28H,13,15-17H2,1-5H3,(H,31,38)(H,32,37)/t24-,28-/m0/s1. The number of Topliss-reactive ketones (excluding diaryl/α,β-unsaturated/α-hetero) is 2. The first-order valence-corrected chi connectivity index (χ1v) is 14.4. The van der Waals surface area contributed by atoms with Crippen molar-refractivity contribution >= 4 is 35.1 Å². The molecule has 3 rings (SSSR count). The maximum atomic E-state index is 13.3. The van der Waals surface area contributed by atoms with Crippen molar-refractivity contribution in [2.45, 2.75) is 58.4 Å². The van der Waals surface area contributed by atoms with Crippen LogP contribution in [0.3, 0.4) is 0 Å². The van der Waals surface area contributed by atoms with Crippen molar-refractivity contribution in [3.05, 3.63) is 65.5 Å². The van der Waals surface area contributed by atoms with Gasteiger partial charge in [0.25, 0.3) is 0 Å². The first kappa shape index (κ1) is 31.5. The van der Waals surface area contributed by atoms with Gasteiger partial charge in [-0.1, -0.05) is 44.2 Å². The van der Waals surface area contributed by atoms with Crippen molar-refractivity contribution in [3.8, 4) is 17.2 Å². The van der Waals surface area contributed by atoms with Crippen LogP contribution in [0.25, 0.3) is 11.5 Å². The van der Waals surface area contributed by atoms with E-state index >= 15 is 0 Å². The molecule has 0 spiro atoms. The lowest BCUT2D eigenvalue weighted by Crippen LogP contribution is -2.54. The van der Waals surface area contributed by atoms with Gasteiger partial charge < -0.3 is 19.8 Å². The zero-order chi connectivity index (χ0) is 29.9. The van der Waals surface area contributed by atoms with Crippen LogP contribution < -0.4 is 15.4 Å². The molecular formula is C30H36N4O6S. The third kappa shape index (κ3) is 9.56. The summed E-state index contributed by atoms with van der Waals surface area (Å²) in [5.41, 5.74) is 2.28. The molecule has 11 heteroatoms. The number of carbonyl (C=O) groups is 4. The van der Waals surface area contributed by atoms with Gasteiger partial charge in [0.05, 0.1) is 25.3 Å². The summed E-state index contributed by atoms with van der Waals surface area (Å²) in [5, 5.41) is 13.4. The Morgan fingerprint density at radius 2 is 1.76 bits per heavy atom. The number of nitrogens with one attached hydrogen (secondary N) is 2. The van der Waals surface area contributed by atoms with E-state index in [-0.39, 0.29) is 36.1 Å². The molecule has 0 radical (unpaired) electrons. The highest BCUT2D eigenvalue weighted by Crippen LogP contribution is 2.26. The monoisotopic (exact) mass is 580 g/mol. The van der Waals surface area contributed by atoms with Gasteiger partial charge in [-0.15, -0.1) is 22.0 Å². The minimum atomic E-state index is -0.976. The number of hydrogen-bond donors (Lipinski definition) is 2. The fraction of sp³-hybridized carbons (Fsp3) is 0.400. The summed E-state index contributed by atoms with van der Waals surface area (Å²) in [6.45, 7) is 6.65. The highest BCUT2D eigenvalue weighted by molar-refractivity contribution is 7.99. The molecule has 0 saturated carbocycles. The average Bonchev–Trinajstić information content (AvgIpc) is 3.37. The Labute approximate surface area is 244 Å². The Hall–Kier alpha value is -3.99. The molecule has 0 unspecified atom stereocenters. The van der Waals surface area contributed by atoms with Crippen LogP contribution in [-0.2, 0) is 31.4 Å². The molecule has 2 amide bonds. The number of nitrogens with zero attached hydrogens (tertiary/aromatic N) is 2. The third-order valence-corrected chi connectivity index (χ3v) is 7.25. The normalized spacial score (nSPS) is 12.4. The minimum absolute atomic E-state index is 0.0768. The summed E-state index contributed by atoms with van der Waals surface area (Å²) in [6, 6.07) is 13.0. The highest BCUT2D eigenvalue weighted by atomic mass is 32.2. The van der Waals surface area contributed by atoms with E-state index in [0.717, 1.165) is 5.56 Å². The minimum Gasteiger partial charge on any atom is -0.496 e. The number of thioether (sulfide) groups is 1. The summed E-state index contributed by atoms with van der Waals surface area (Å²) in [7, 11) is 1.50. The molecule has 10 nitrogen and oxygen atoms in total. The molecule has 3 aromatic rings. The van der Waals surface area contributed by atoms with Gasteiger partial charge in [0.2, 0.25) is 23.6 Å². The second-order valence-electron chi connectivity index (χ2n) is 10.0. The van der Waals surface area contributed by atoms with Crippen LogP contribution in [-0.4, -0.2) is 58.5 Å². The summed E-state index contributed by atoms with van der Waals surface area (Å²) in [4.78, 5) is 51.3. The average molecular weight is 581 g/mol. The zero-order valence-corrected chi connectivity index (χ0v) is 24.7. The summed E-state index contributed by atoms with van der Waals surface area (Å²) >= 11 is 1.42. The van der Waals surface area contributed by atoms with Crippen molar-refractivity contribution in [2.75, 3.05) is 12.9 Å². The van der Waals surface area contributed by atoms with Gasteiger partial charge >= 0.3 is 0 Å². The maximum Gasteiger partial charge on any atom is 0.247 e. The predicted molar refractivity (Wildman–Crippen MR) is 156 cm³/mol. The molecule has 2 atom stereocenters. The number of methoxy groups -OCH3 is 1. The molecule has 1 aromatic heterocycles. The van der Waals surface area contributed by atoms with E-state index in [2.05, 4.69) is 20.8 Å². The van der Waals surface area contributed by atoms with Crippen molar-refractivity contribution in [1.82, 2.24) is 20.8 Å². The van der Waals surface area contributed by atoms with Crippen molar-refractivity contribution < 1.29 is 28.3 Å².